The first-order valence-electron chi connectivity index (χ1n) is 17.9. The van der Waals surface area contributed by atoms with Crippen molar-refractivity contribution >= 4 is 18.0 Å². The maximum Gasteiger partial charge on any atom is 0.408 e. The molecule has 252 valence electrons. The van der Waals surface area contributed by atoms with Crippen LogP contribution in [0.5, 0.6) is 0 Å². The highest BCUT2D eigenvalue weighted by Crippen LogP contribution is 2.21. The van der Waals surface area contributed by atoms with Gasteiger partial charge in [0, 0.05) is 6.54 Å². The molecule has 0 bridgehead atoms. The van der Waals surface area contributed by atoms with Crippen molar-refractivity contribution in [2.45, 2.75) is 156 Å². The Morgan fingerprint density at radius 1 is 0.651 bits per heavy atom. The summed E-state index contributed by atoms with van der Waals surface area (Å²) in [7, 11) is 0. The Labute approximate surface area is 263 Å². The van der Waals surface area contributed by atoms with Crippen LogP contribution in [0.2, 0.25) is 0 Å². The Bertz CT molecular complexity index is 712. The van der Waals surface area contributed by atoms with Crippen LogP contribution in [0, 0.1) is 11.8 Å². The summed E-state index contributed by atoms with van der Waals surface area (Å²) in [5.41, 5.74) is 0. The molecule has 1 rings (SSSR count). The number of hydrogen-bond donors (Lipinski definition) is 1. The number of unbranched alkanes of at least 4 members (excludes halogenated alkanes) is 6. The second-order valence-corrected chi connectivity index (χ2v) is 12.5. The molecule has 0 radical (unpaired) electrons. The van der Waals surface area contributed by atoms with Crippen molar-refractivity contribution in [3.8, 4) is 0 Å². The number of amides is 1. The number of carbonyl (C=O) groups excluding carboxylic acids is 3. The quantitative estimate of drug-likeness (QED) is 0.0433. The van der Waals surface area contributed by atoms with Gasteiger partial charge in [-0.3, -0.25) is 0 Å². The molecule has 3 atom stereocenters. The SMILES string of the molecule is CCCCCC(CC)CCCCOC(=O)C(OC(=O)NCCCCN1CCCC1)C(=O)OCCCCC(CC)CCCC. The number of carbonyl (C=O) groups is 3. The Kier molecular flexibility index (Phi) is 24.2. The van der Waals surface area contributed by atoms with E-state index >= 15 is 0 Å². The number of alkyl carbamates (subject to hydrolysis) is 1. The third-order valence-corrected chi connectivity index (χ3v) is 8.86. The fourth-order valence-electron chi connectivity index (χ4n) is 5.85. The lowest BCUT2D eigenvalue weighted by atomic mass is 9.93. The first-order valence-corrected chi connectivity index (χ1v) is 17.9. The molecule has 1 N–H and O–H groups in total. The van der Waals surface area contributed by atoms with Crippen molar-refractivity contribution in [2.75, 3.05) is 39.4 Å². The highest BCUT2D eigenvalue weighted by Gasteiger charge is 2.34. The number of nitrogens with zero attached hydrogens (tertiary/aromatic N) is 1. The molecule has 0 aromatic carbocycles. The molecular weight excluding hydrogens is 544 g/mol. The van der Waals surface area contributed by atoms with Crippen LogP contribution in [0.3, 0.4) is 0 Å². The monoisotopic (exact) mass is 610 g/mol. The van der Waals surface area contributed by atoms with Crippen LogP contribution >= 0.6 is 0 Å². The minimum absolute atomic E-state index is 0.199. The maximum atomic E-state index is 12.9. The van der Waals surface area contributed by atoms with Gasteiger partial charge in [-0.25, -0.2) is 14.4 Å². The second-order valence-electron chi connectivity index (χ2n) is 12.5. The Balaban J connectivity index is 2.48. The van der Waals surface area contributed by atoms with E-state index in [1.54, 1.807) is 0 Å². The average Bonchev–Trinajstić information content (AvgIpc) is 3.53. The van der Waals surface area contributed by atoms with Gasteiger partial charge in [0.25, 0.3) is 6.10 Å². The summed E-state index contributed by atoms with van der Waals surface area (Å²) in [5, 5.41) is 2.68. The van der Waals surface area contributed by atoms with E-state index in [-0.39, 0.29) is 13.2 Å². The summed E-state index contributed by atoms with van der Waals surface area (Å²) in [4.78, 5) is 40.6. The molecule has 0 saturated carbocycles. The van der Waals surface area contributed by atoms with Gasteiger partial charge in [0.05, 0.1) is 13.2 Å². The van der Waals surface area contributed by atoms with Gasteiger partial charge in [-0.2, -0.15) is 0 Å². The van der Waals surface area contributed by atoms with Crippen molar-refractivity contribution in [2.24, 2.45) is 11.8 Å². The van der Waals surface area contributed by atoms with Gasteiger partial charge in [0.15, 0.2) is 0 Å². The van der Waals surface area contributed by atoms with E-state index in [1.165, 1.54) is 57.8 Å². The smallest absolute Gasteiger partial charge is 0.408 e. The van der Waals surface area contributed by atoms with Crippen molar-refractivity contribution in [1.29, 1.82) is 0 Å². The Morgan fingerprint density at radius 3 is 1.67 bits per heavy atom. The molecule has 1 fully saturated rings. The van der Waals surface area contributed by atoms with Crippen LogP contribution < -0.4 is 5.32 Å². The predicted octanol–water partition coefficient (Wildman–Crippen LogP) is 8.21. The topological polar surface area (TPSA) is 94.2 Å². The normalized spacial score (nSPS) is 15.5. The van der Waals surface area contributed by atoms with Crippen LogP contribution in [0.15, 0.2) is 0 Å². The molecule has 1 heterocycles. The molecule has 8 nitrogen and oxygen atoms in total. The van der Waals surface area contributed by atoms with Crippen molar-refractivity contribution in [3.63, 3.8) is 0 Å². The zero-order valence-electron chi connectivity index (χ0n) is 28.3. The first-order chi connectivity index (χ1) is 20.9. The van der Waals surface area contributed by atoms with Gasteiger partial charge in [0.2, 0.25) is 0 Å². The van der Waals surface area contributed by atoms with Crippen molar-refractivity contribution in [3.05, 3.63) is 0 Å². The fourth-order valence-corrected chi connectivity index (χ4v) is 5.85. The van der Waals surface area contributed by atoms with Crippen LogP contribution in [0.25, 0.3) is 0 Å². The minimum Gasteiger partial charge on any atom is -0.462 e. The molecule has 0 aromatic heterocycles. The van der Waals surface area contributed by atoms with Crippen molar-refractivity contribution < 1.29 is 28.6 Å². The fraction of sp³-hybridized carbons (Fsp3) is 0.914. The van der Waals surface area contributed by atoms with Crippen LogP contribution in [0.4, 0.5) is 4.79 Å². The third kappa shape index (κ3) is 19.9. The molecule has 8 heteroatoms. The molecular formula is C35H66N2O6. The lowest BCUT2D eigenvalue weighted by Crippen LogP contribution is -2.41. The van der Waals surface area contributed by atoms with E-state index in [0.717, 1.165) is 83.8 Å². The predicted molar refractivity (Wildman–Crippen MR) is 174 cm³/mol. The number of nitrogens with one attached hydrogen (secondary N) is 1. The van der Waals surface area contributed by atoms with E-state index in [0.29, 0.717) is 18.4 Å². The average molecular weight is 611 g/mol. The summed E-state index contributed by atoms with van der Waals surface area (Å²) < 4.78 is 16.1. The molecule has 1 aliphatic rings. The molecule has 1 saturated heterocycles. The Hall–Kier alpha value is -1.83. The minimum atomic E-state index is -1.70. The summed E-state index contributed by atoms with van der Waals surface area (Å²) in [6.45, 7) is 13.0. The number of likely N-dealkylation sites (tertiary alicyclic amines) is 1. The second kappa shape index (κ2) is 26.6. The summed E-state index contributed by atoms with van der Waals surface area (Å²) in [6, 6.07) is 0. The van der Waals surface area contributed by atoms with Gasteiger partial charge < -0.3 is 24.4 Å². The first kappa shape index (κ1) is 39.2. The van der Waals surface area contributed by atoms with E-state index in [1.807, 2.05) is 0 Å². The van der Waals surface area contributed by atoms with Gasteiger partial charge in [-0.15, -0.1) is 0 Å². The van der Waals surface area contributed by atoms with Crippen molar-refractivity contribution in [1.82, 2.24) is 10.2 Å². The van der Waals surface area contributed by atoms with Gasteiger partial charge in [0.1, 0.15) is 0 Å². The number of esters is 2. The van der Waals surface area contributed by atoms with E-state index in [9.17, 15) is 14.4 Å². The highest BCUT2D eigenvalue weighted by molar-refractivity contribution is 5.99. The maximum absolute atomic E-state index is 12.9. The molecule has 43 heavy (non-hydrogen) atoms. The number of hydrogen-bond acceptors (Lipinski definition) is 7. The molecule has 1 aliphatic heterocycles. The van der Waals surface area contributed by atoms with Gasteiger partial charge in [-0.1, -0.05) is 98.3 Å². The zero-order chi connectivity index (χ0) is 31.5. The summed E-state index contributed by atoms with van der Waals surface area (Å²) in [5.74, 6) is -0.305. The van der Waals surface area contributed by atoms with Gasteiger partial charge >= 0.3 is 18.0 Å². The van der Waals surface area contributed by atoms with Gasteiger partial charge in [-0.05, 0) is 82.8 Å². The number of ether oxygens (including phenoxy) is 3. The summed E-state index contributed by atoms with van der Waals surface area (Å²) in [6.07, 6.45) is 18.4. The molecule has 3 unspecified atom stereocenters. The summed E-state index contributed by atoms with van der Waals surface area (Å²) >= 11 is 0. The van der Waals surface area contributed by atoms with E-state index in [2.05, 4.69) is 37.9 Å². The third-order valence-electron chi connectivity index (χ3n) is 8.86. The number of rotatable bonds is 27. The van der Waals surface area contributed by atoms with Crippen LogP contribution in [-0.2, 0) is 23.8 Å². The molecule has 1 amide bonds. The largest absolute Gasteiger partial charge is 0.462 e. The molecule has 0 aliphatic carbocycles. The zero-order valence-corrected chi connectivity index (χ0v) is 28.3. The highest BCUT2D eigenvalue weighted by atomic mass is 16.6. The van der Waals surface area contributed by atoms with Crippen LogP contribution in [-0.4, -0.2) is 68.4 Å². The lowest BCUT2D eigenvalue weighted by Gasteiger charge is -2.18. The molecule has 0 aromatic rings. The lowest BCUT2D eigenvalue weighted by molar-refractivity contribution is -0.169. The van der Waals surface area contributed by atoms with E-state index in [4.69, 9.17) is 14.2 Å². The Morgan fingerprint density at radius 2 is 1.16 bits per heavy atom. The van der Waals surface area contributed by atoms with E-state index < -0.39 is 24.1 Å². The van der Waals surface area contributed by atoms with Crippen LogP contribution in [0.1, 0.15) is 150 Å². The standard InChI is InChI=1S/C35H66N2O6/c1-5-9-11-21-31(8-4)23-13-19-29-42-34(39)32(33(38)41-28-18-12-22-30(7-3)20-10-6-2)43-35(40)36-24-14-15-25-37-26-16-17-27-37/h30-32H,5-29H2,1-4H3,(H,36,40). The molecule has 0 spiro atoms.